The van der Waals surface area contributed by atoms with Crippen LogP contribution < -0.4 is 5.32 Å². The Kier molecular flexibility index (Phi) is 5.97. The minimum Gasteiger partial charge on any atom is -0.453 e. The second-order valence-corrected chi connectivity index (χ2v) is 11.5. The molecular weight excluding hydrogens is 378 g/mol. The van der Waals surface area contributed by atoms with Crippen molar-refractivity contribution < 1.29 is 19.4 Å². The van der Waals surface area contributed by atoms with Crippen molar-refractivity contribution in [3.05, 3.63) is 0 Å². The van der Waals surface area contributed by atoms with E-state index in [0.29, 0.717) is 48.3 Å². The van der Waals surface area contributed by atoms with E-state index in [9.17, 15) is 14.7 Å². The van der Waals surface area contributed by atoms with Gasteiger partial charge in [0.2, 0.25) is 0 Å². The maximum absolute atomic E-state index is 13.4. The van der Waals surface area contributed by atoms with Crippen molar-refractivity contribution in [3.8, 4) is 0 Å². The third kappa shape index (κ3) is 3.49. The summed E-state index contributed by atoms with van der Waals surface area (Å²) in [6.07, 6.45) is 8.64. The largest absolute Gasteiger partial charge is 0.453 e. The number of hydrogen-bond donors (Lipinski definition) is 2. The van der Waals surface area contributed by atoms with Crippen molar-refractivity contribution in [1.82, 2.24) is 5.32 Å². The summed E-state index contributed by atoms with van der Waals surface area (Å²) in [7, 11) is 1.40. The zero-order valence-corrected chi connectivity index (χ0v) is 19.3. The maximum atomic E-state index is 13.4. The van der Waals surface area contributed by atoms with Crippen molar-refractivity contribution in [2.45, 2.75) is 84.7 Å². The van der Waals surface area contributed by atoms with Crippen LogP contribution in [-0.2, 0) is 9.53 Å². The van der Waals surface area contributed by atoms with Crippen LogP contribution in [0.2, 0.25) is 0 Å². The molecule has 0 spiro atoms. The summed E-state index contributed by atoms with van der Waals surface area (Å²) in [5.41, 5.74) is 0.464. The Hall–Kier alpha value is -1.10. The molecule has 0 aliphatic heterocycles. The monoisotopic (exact) mass is 419 g/mol. The summed E-state index contributed by atoms with van der Waals surface area (Å²) in [5, 5.41) is 13.0. The number of Topliss-reactive ketones (excluding diaryl/α,β-unsaturated/α-hetero) is 1. The summed E-state index contributed by atoms with van der Waals surface area (Å²) in [4.78, 5) is 24.8. The fraction of sp³-hybridized carbons (Fsp3) is 0.920. The number of fused-ring (bicyclic) bond motifs is 5. The van der Waals surface area contributed by atoms with Gasteiger partial charge in [0.25, 0.3) is 0 Å². The lowest BCUT2D eigenvalue weighted by Gasteiger charge is -2.60. The topological polar surface area (TPSA) is 75.6 Å². The zero-order chi connectivity index (χ0) is 21.7. The van der Waals surface area contributed by atoms with Gasteiger partial charge < -0.3 is 15.2 Å². The normalized spacial score (nSPS) is 46.4. The Balaban J connectivity index is 1.49. The van der Waals surface area contributed by atoms with Gasteiger partial charge in [-0.25, -0.2) is 4.79 Å². The zero-order valence-electron chi connectivity index (χ0n) is 19.3. The molecule has 0 aromatic rings. The van der Waals surface area contributed by atoms with Crippen LogP contribution in [0.15, 0.2) is 0 Å². The lowest BCUT2D eigenvalue weighted by Crippen LogP contribution is -2.57. The quantitative estimate of drug-likeness (QED) is 0.700. The van der Waals surface area contributed by atoms with E-state index >= 15 is 0 Å². The van der Waals surface area contributed by atoms with Crippen LogP contribution in [-0.4, -0.2) is 36.7 Å². The van der Waals surface area contributed by atoms with E-state index in [1.807, 2.05) is 0 Å². The van der Waals surface area contributed by atoms with E-state index in [0.717, 1.165) is 32.1 Å². The number of aliphatic hydroxyl groups is 1. The second-order valence-electron chi connectivity index (χ2n) is 11.5. The molecule has 0 unspecified atom stereocenters. The first-order valence-electron chi connectivity index (χ1n) is 12.2. The van der Waals surface area contributed by atoms with Crippen LogP contribution in [0, 0.1) is 46.3 Å². The van der Waals surface area contributed by atoms with Crippen LogP contribution in [0.25, 0.3) is 0 Å². The first-order valence-corrected chi connectivity index (χ1v) is 12.2. The van der Waals surface area contributed by atoms with Crippen LogP contribution >= 0.6 is 0 Å². The minimum absolute atomic E-state index is 0.211. The van der Waals surface area contributed by atoms with Crippen LogP contribution in [0.3, 0.4) is 0 Å². The van der Waals surface area contributed by atoms with Gasteiger partial charge in [-0.1, -0.05) is 20.8 Å². The third-order valence-electron chi connectivity index (χ3n) is 10.3. The van der Waals surface area contributed by atoms with Gasteiger partial charge in [0.05, 0.1) is 13.2 Å². The van der Waals surface area contributed by atoms with E-state index in [1.54, 1.807) is 0 Å². The highest BCUT2D eigenvalue weighted by Gasteiger charge is 2.62. The summed E-state index contributed by atoms with van der Waals surface area (Å²) in [6, 6.07) is 0. The van der Waals surface area contributed by atoms with Crippen molar-refractivity contribution in [2.75, 3.05) is 13.7 Å². The molecule has 4 aliphatic carbocycles. The molecule has 0 aromatic heterocycles. The molecule has 30 heavy (non-hydrogen) atoms. The third-order valence-corrected chi connectivity index (χ3v) is 10.3. The Morgan fingerprint density at radius 1 is 1.17 bits per heavy atom. The van der Waals surface area contributed by atoms with Crippen LogP contribution in [0.4, 0.5) is 4.79 Å². The minimum atomic E-state index is -0.355. The van der Waals surface area contributed by atoms with E-state index in [1.165, 1.54) is 26.4 Å². The summed E-state index contributed by atoms with van der Waals surface area (Å²) in [5.74, 6) is 3.26. The highest BCUT2D eigenvalue weighted by Crippen LogP contribution is 2.67. The van der Waals surface area contributed by atoms with Crippen molar-refractivity contribution >= 4 is 11.9 Å². The van der Waals surface area contributed by atoms with Gasteiger partial charge in [-0.15, -0.1) is 0 Å². The second kappa shape index (κ2) is 8.11. The molecule has 1 amide bonds. The molecule has 4 fully saturated rings. The average Bonchev–Trinajstić information content (AvgIpc) is 3.06. The van der Waals surface area contributed by atoms with Crippen LogP contribution in [0.5, 0.6) is 0 Å². The molecule has 0 saturated heterocycles. The van der Waals surface area contributed by atoms with E-state index in [-0.39, 0.29) is 28.9 Å². The number of methoxy groups -OCH3 is 1. The van der Waals surface area contributed by atoms with Gasteiger partial charge in [-0.3, -0.25) is 4.79 Å². The van der Waals surface area contributed by atoms with E-state index < -0.39 is 0 Å². The van der Waals surface area contributed by atoms with E-state index in [2.05, 4.69) is 26.1 Å². The number of ether oxygens (including phenoxy) is 1. The molecule has 4 saturated carbocycles. The average molecular weight is 420 g/mol. The number of aliphatic hydroxyl groups excluding tert-OH is 1. The molecular formula is C25H41NO4. The highest BCUT2D eigenvalue weighted by molar-refractivity contribution is 5.83. The summed E-state index contributed by atoms with van der Waals surface area (Å²) >= 11 is 0. The van der Waals surface area contributed by atoms with Gasteiger partial charge in [0, 0.05) is 18.9 Å². The maximum Gasteiger partial charge on any atom is 0.406 e. The Morgan fingerprint density at radius 2 is 1.87 bits per heavy atom. The van der Waals surface area contributed by atoms with Crippen molar-refractivity contribution in [1.29, 1.82) is 0 Å². The summed E-state index contributed by atoms with van der Waals surface area (Å²) in [6.45, 7) is 7.87. The molecule has 4 aliphatic rings. The smallest absolute Gasteiger partial charge is 0.406 e. The highest BCUT2D eigenvalue weighted by atomic mass is 16.5. The SMILES string of the molecule is COC(=O)NCC[C@@H](C)[C@H]1CC[C@H]2[C@@H]3C(=O)C[C@@H]4C[C@H](O)CC[C@]4(C)[C@H]3CC[C@]12C. The van der Waals surface area contributed by atoms with Crippen molar-refractivity contribution in [2.24, 2.45) is 46.3 Å². The predicted octanol–water partition coefficient (Wildman–Crippen LogP) is 4.57. The number of rotatable bonds is 4. The number of hydrogen-bond acceptors (Lipinski definition) is 4. The van der Waals surface area contributed by atoms with Crippen LogP contribution in [0.1, 0.15) is 78.6 Å². The lowest BCUT2D eigenvalue weighted by atomic mass is 9.44. The Morgan fingerprint density at radius 3 is 2.60 bits per heavy atom. The number of amides is 1. The Labute approximate surface area is 181 Å². The van der Waals surface area contributed by atoms with Crippen molar-refractivity contribution in [3.63, 3.8) is 0 Å². The number of carbonyl (C=O) groups excluding carboxylic acids is 2. The van der Waals surface area contributed by atoms with Gasteiger partial charge >= 0.3 is 6.09 Å². The number of alkyl carbamates (subject to hydrolysis) is 1. The molecule has 0 bridgehead atoms. The molecule has 5 heteroatoms. The van der Waals surface area contributed by atoms with Gasteiger partial charge in [-0.2, -0.15) is 0 Å². The number of nitrogens with one attached hydrogen (secondary N) is 1. The summed E-state index contributed by atoms with van der Waals surface area (Å²) < 4.78 is 4.69. The van der Waals surface area contributed by atoms with Gasteiger partial charge in [0.1, 0.15) is 5.78 Å². The first-order chi connectivity index (χ1) is 14.2. The number of ketones is 1. The molecule has 5 nitrogen and oxygen atoms in total. The standard InChI is InChI=1S/C25H41NO4/c1-15(9-12-26-23(29)30-4)18-5-6-19-22-20(8-11-25(18,19)3)24(2)10-7-17(27)13-16(24)14-21(22)28/h15-20,22,27H,5-14H2,1-4H3,(H,26,29)/t15-,16+,17-,18-,19+,20+,22+,24+,25-/m1/s1. The lowest BCUT2D eigenvalue weighted by molar-refractivity contribution is -0.160. The fourth-order valence-electron chi connectivity index (χ4n) is 8.56. The molecule has 170 valence electrons. The molecule has 0 radical (unpaired) electrons. The van der Waals surface area contributed by atoms with Gasteiger partial charge in [0.15, 0.2) is 0 Å². The number of carbonyl (C=O) groups is 2. The van der Waals surface area contributed by atoms with Gasteiger partial charge in [-0.05, 0) is 91.8 Å². The molecule has 4 rings (SSSR count). The molecule has 2 N–H and O–H groups in total. The first kappa shape index (κ1) is 22.1. The molecule has 9 atom stereocenters. The predicted molar refractivity (Wildman–Crippen MR) is 116 cm³/mol. The van der Waals surface area contributed by atoms with E-state index in [4.69, 9.17) is 4.74 Å². The Bertz CT molecular complexity index is 680. The molecule has 0 heterocycles. The fourth-order valence-corrected chi connectivity index (χ4v) is 8.56. The molecule has 0 aromatic carbocycles.